The normalized spacial score (nSPS) is 11.1. The maximum absolute atomic E-state index is 12.1. The summed E-state index contributed by atoms with van der Waals surface area (Å²) in [6, 6.07) is 4.94. The number of carbonyl (C=O) groups is 1. The first-order chi connectivity index (χ1) is 9.59. The van der Waals surface area contributed by atoms with E-state index in [0.717, 1.165) is 0 Å². The van der Waals surface area contributed by atoms with E-state index >= 15 is 0 Å². The Bertz CT molecular complexity index is 453. The van der Waals surface area contributed by atoms with Gasteiger partial charge in [-0.1, -0.05) is 0 Å². The summed E-state index contributed by atoms with van der Waals surface area (Å²) in [5.74, 6) is -1.25. The molecule has 0 amide bonds. The van der Waals surface area contributed by atoms with Gasteiger partial charge in [-0.25, -0.2) is 4.79 Å². The molecule has 20 heavy (non-hydrogen) atoms. The lowest BCUT2D eigenvalue weighted by molar-refractivity contribution is -0.235. The maximum atomic E-state index is 12.1. The van der Waals surface area contributed by atoms with Crippen LogP contribution in [-0.2, 0) is 24.8 Å². The Balaban J connectivity index is 3.31. The lowest BCUT2D eigenvalue weighted by atomic mass is 10.0. The molecule has 0 aromatic heterocycles. The number of rotatable bonds is 7. The molecule has 0 aliphatic heterocycles. The molecule has 6 nitrogen and oxygen atoms in total. The summed E-state index contributed by atoms with van der Waals surface area (Å²) in [5, 5.41) is 0. The van der Waals surface area contributed by atoms with Gasteiger partial charge < -0.3 is 23.7 Å². The van der Waals surface area contributed by atoms with Gasteiger partial charge in [0.15, 0.2) is 11.5 Å². The molecular weight excluding hydrogens is 264 g/mol. The van der Waals surface area contributed by atoms with Crippen molar-refractivity contribution in [2.45, 2.75) is 12.7 Å². The number of hydrogen-bond donors (Lipinski definition) is 0. The Morgan fingerprint density at radius 2 is 1.65 bits per heavy atom. The van der Waals surface area contributed by atoms with Crippen molar-refractivity contribution in [2.24, 2.45) is 0 Å². The topological polar surface area (TPSA) is 63.2 Å². The predicted octanol–water partition coefficient (Wildman–Crippen LogP) is 1.71. The molecule has 0 atom stereocenters. The van der Waals surface area contributed by atoms with Crippen LogP contribution in [0.4, 0.5) is 0 Å². The van der Waals surface area contributed by atoms with Crippen molar-refractivity contribution in [3.05, 3.63) is 23.8 Å². The highest BCUT2D eigenvalue weighted by Crippen LogP contribution is 2.35. The first-order valence-corrected chi connectivity index (χ1v) is 6.09. The Kier molecular flexibility index (Phi) is 5.79. The minimum Gasteiger partial charge on any atom is -0.493 e. The van der Waals surface area contributed by atoms with Gasteiger partial charge >= 0.3 is 5.97 Å². The second-order valence-corrected chi connectivity index (χ2v) is 3.82. The van der Waals surface area contributed by atoms with Crippen LogP contribution in [-0.4, -0.2) is 41.0 Å². The van der Waals surface area contributed by atoms with E-state index in [0.29, 0.717) is 17.1 Å². The highest BCUT2D eigenvalue weighted by molar-refractivity contribution is 5.80. The van der Waals surface area contributed by atoms with E-state index in [1.165, 1.54) is 28.4 Å². The average molecular weight is 284 g/mol. The second-order valence-electron chi connectivity index (χ2n) is 3.82. The zero-order chi connectivity index (χ0) is 15.2. The molecule has 0 fully saturated rings. The highest BCUT2D eigenvalue weighted by Gasteiger charge is 2.43. The molecule has 0 unspecified atom stereocenters. The molecule has 0 aliphatic carbocycles. The van der Waals surface area contributed by atoms with Crippen LogP contribution < -0.4 is 9.47 Å². The Hall–Kier alpha value is -1.79. The number of benzene rings is 1. The number of methoxy groups -OCH3 is 4. The molecule has 0 N–H and O–H groups in total. The molecule has 0 saturated carbocycles. The largest absolute Gasteiger partial charge is 0.493 e. The summed E-state index contributed by atoms with van der Waals surface area (Å²) >= 11 is 0. The highest BCUT2D eigenvalue weighted by atomic mass is 16.7. The van der Waals surface area contributed by atoms with Gasteiger partial charge in [0.2, 0.25) is 0 Å². The standard InChI is InChI=1S/C14H20O6/c1-6-20-13(15)14(18-4,19-5)10-7-8-11(16-2)12(9-10)17-3/h7-9H,6H2,1-5H3. The van der Waals surface area contributed by atoms with E-state index < -0.39 is 11.8 Å². The summed E-state index contributed by atoms with van der Waals surface area (Å²) in [6.45, 7) is 1.93. The minimum atomic E-state index is -1.63. The Morgan fingerprint density at radius 1 is 1.05 bits per heavy atom. The minimum absolute atomic E-state index is 0.223. The summed E-state index contributed by atoms with van der Waals surface area (Å²) in [6.07, 6.45) is 0. The molecule has 0 saturated heterocycles. The summed E-state index contributed by atoms with van der Waals surface area (Å²) in [4.78, 5) is 12.1. The van der Waals surface area contributed by atoms with Gasteiger partial charge in [0.25, 0.3) is 5.79 Å². The zero-order valence-corrected chi connectivity index (χ0v) is 12.4. The van der Waals surface area contributed by atoms with Crippen molar-refractivity contribution >= 4 is 5.97 Å². The first-order valence-electron chi connectivity index (χ1n) is 6.09. The van der Waals surface area contributed by atoms with Gasteiger partial charge in [-0.3, -0.25) is 0 Å². The molecule has 112 valence electrons. The third-order valence-corrected chi connectivity index (χ3v) is 2.88. The summed E-state index contributed by atoms with van der Waals surface area (Å²) in [5.41, 5.74) is 0.457. The average Bonchev–Trinajstić information content (AvgIpc) is 2.49. The zero-order valence-electron chi connectivity index (χ0n) is 12.4. The summed E-state index contributed by atoms with van der Waals surface area (Å²) < 4.78 is 25.9. The van der Waals surface area contributed by atoms with Crippen LogP contribution >= 0.6 is 0 Å². The van der Waals surface area contributed by atoms with Crippen molar-refractivity contribution < 1.29 is 28.5 Å². The molecule has 0 radical (unpaired) electrons. The van der Waals surface area contributed by atoms with E-state index in [4.69, 9.17) is 23.7 Å². The van der Waals surface area contributed by atoms with Crippen molar-refractivity contribution in [3.63, 3.8) is 0 Å². The van der Waals surface area contributed by atoms with Gasteiger partial charge in [-0.05, 0) is 25.1 Å². The first kappa shape index (κ1) is 16.3. The Morgan fingerprint density at radius 3 is 2.10 bits per heavy atom. The quantitative estimate of drug-likeness (QED) is 0.561. The van der Waals surface area contributed by atoms with Gasteiger partial charge in [-0.15, -0.1) is 0 Å². The Labute approximate surface area is 118 Å². The molecule has 0 aliphatic rings. The van der Waals surface area contributed by atoms with Crippen LogP contribution in [0, 0.1) is 0 Å². The molecule has 1 rings (SSSR count). The number of carbonyl (C=O) groups excluding carboxylic acids is 1. The fraction of sp³-hybridized carbons (Fsp3) is 0.500. The van der Waals surface area contributed by atoms with Gasteiger partial charge in [0, 0.05) is 19.8 Å². The number of hydrogen-bond acceptors (Lipinski definition) is 6. The molecule has 1 aromatic carbocycles. The summed E-state index contributed by atoms with van der Waals surface area (Å²) in [7, 11) is 5.78. The van der Waals surface area contributed by atoms with Crippen molar-refractivity contribution in [1.29, 1.82) is 0 Å². The lowest BCUT2D eigenvalue weighted by Crippen LogP contribution is -2.41. The fourth-order valence-electron chi connectivity index (χ4n) is 1.87. The van der Waals surface area contributed by atoms with Gasteiger partial charge in [-0.2, -0.15) is 0 Å². The van der Waals surface area contributed by atoms with Crippen LogP contribution in [0.2, 0.25) is 0 Å². The number of esters is 1. The molecule has 1 aromatic rings. The van der Waals surface area contributed by atoms with Crippen molar-refractivity contribution in [2.75, 3.05) is 35.0 Å². The van der Waals surface area contributed by atoms with Crippen molar-refractivity contribution in [1.82, 2.24) is 0 Å². The van der Waals surface area contributed by atoms with Crippen LogP contribution in [0.25, 0.3) is 0 Å². The van der Waals surface area contributed by atoms with Crippen LogP contribution in [0.15, 0.2) is 18.2 Å². The van der Waals surface area contributed by atoms with E-state index in [2.05, 4.69) is 0 Å². The van der Waals surface area contributed by atoms with Crippen LogP contribution in [0.3, 0.4) is 0 Å². The van der Waals surface area contributed by atoms with Gasteiger partial charge in [0.1, 0.15) is 0 Å². The SMILES string of the molecule is CCOC(=O)C(OC)(OC)c1ccc(OC)c(OC)c1. The third kappa shape index (κ3) is 2.86. The molecule has 6 heteroatoms. The molecule has 0 bridgehead atoms. The van der Waals surface area contributed by atoms with E-state index in [1.54, 1.807) is 25.1 Å². The smallest absolute Gasteiger partial charge is 0.372 e. The predicted molar refractivity (Wildman–Crippen MR) is 71.9 cm³/mol. The van der Waals surface area contributed by atoms with Crippen LogP contribution in [0.1, 0.15) is 12.5 Å². The fourth-order valence-corrected chi connectivity index (χ4v) is 1.87. The molecular formula is C14H20O6. The van der Waals surface area contributed by atoms with E-state index in [9.17, 15) is 4.79 Å². The molecule has 0 spiro atoms. The maximum Gasteiger partial charge on any atom is 0.372 e. The lowest BCUT2D eigenvalue weighted by Gasteiger charge is -2.28. The van der Waals surface area contributed by atoms with Crippen LogP contribution in [0.5, 0.6) is 11.5 Å². The van der Waals surface area contributed by atoms with E-state index in [-0.39, 0.29) is 6.61 Å². The monoisotopic (exact) mass is 284 g/mol. The van der Waals surface area contributed by atoms with Crippen molar-refractivity contribution in [3.8, 4) is 11.5 Å². The second kappa shape index (κ2) is 7.12. The van der Waals surface area contributed by atoms with E-state index in [1.807, 2.05) is 0 Å². The van der Waals surface area contributed by atoms with Gasteiger partial charge in [0.05, 0.1) is 20.8 Å². The third-order valence-electron chi connectivity index (χ3n) is 2.88. The molecule has 0 heterocycles. The number of ether oxygens (including phenoxy) is 5.